The Morgan fingerprint density at radius 2 is 2.00 bits per heavy atom. The Hall–Kier alpha value is -2.12. The number of aromatic nitrogens is 1. The van der Waals surface area contributed by atoms with Gasteiger partial charge in [0.25, 0.3) is 5.91 Å². The fourth-order valence-electron chi connectivity index (χ4n) is 2.61. The zero-order valence-electron chi connectivity index (χ0n) is 12.7. The Labute approximate surface area is 131 Å². The van der Waals surface area contributed by atoms with Crippen molar-refractivity contribution in [2.75, 3.05) is 19.6 Å². The molecule has 1 saturated heterocycles. The van der Waals surface area contributed by atoms with Gasteiger partial charge in [-0.25, -0.2) is 0 Å². The first-order chi connectivity index (χ1) is 10.8. The van der Waals surface area contributed by atoms with Crippen molar-refractivity contribution in [2.45, 2.75) is 25.9 Å². The van der Waals surface area contributed by atoms with Crippen LogP contribution in [0.1, 0.15) is 35.7 Å². The molecule has 0 bridgehead atoms. The molecule has 0 atom stereocenters. The molecular weight excluding hydrogens is 311 g/mol. The Morgan fingerprint density at radius 1 is 1.35 bits per heavy atom. The van der Waals surface area contributed by atoms with Crippen molar-refractivity contribution < 1.29 is 22.8 Å². The number of likely N-dealkylation sites (tertiary alicyclic amines) is 1. The highest BCUT2D eigenvalue weighted by Gasteiger charge is 2.35. The molecule has 0 radical (unpaired) electrons. The van der Waals surface area contributed by atoms with Crippen molar-refractivity contribution in [3.05, 3.63) is 29.6 Å². The first-order valence-electron chi connectivity index (χ1n) is 7.34. The van der Waals surface area contributed by atoms with Crippen LogP contribution in [0.15, 0.2) is 18.5 Å². The van der Waals surface area contributed by atoms with Crippen LogP contribution in [0, 0.1) is 5.92 Å². The quantitative estimate of drug-likeness (QED) is 0.924. The Balaban J connectivity index is 1.93. The van der Waals surface area contributed by atoms with Crippen LogP contribution in [0.2, 0.25) is 0 Å². The summed E-state index contributed by atoms with van der Waals surface area (Å²) in [6.07, 6.45) is -1.21. The van der Waals surface area contributed by atoms with Crippen LogP contribution >= 0.6 is 0 Å². The first-order valence-corrected chi connectivity index (χ1v) is 7.34. The molecule has 23 heavy (non-hydrogen) atoms. The average molecular weight is 329 g/mol. The van der Waals surface area contributed by atoms with Crippen molar-refractivity contribution in [3.8, 4) is 0 Å². The van der Waals surface area contributed by atoms with E-state index in [-0.39, 0.29) is 18.4 Å². The Kier molecular flexibility index (Phi) is 5.23. The van der Waals surface area contributed by atoms with Gasteiger partial charge in [-0.3, -0.25) is 14.6 Å². The maximum atomic E-state index is 12.9. The highest BCUT2D eigenvalue weighted by atomic mass is 19.4. The van der Waals surface area contributed by atoms with E-state index < -0.39 is 23.2 Å². The molecule has 0 aromatic carbocycles. The lowest BCUT2D eigenvalue weighted by Crippen LogP contribution is -2.40. The number of halogens is 3. The SMILES string of the molecule is CC(=O)N1CCC(CNC(=O)c2cnccc2C(F)(F)F)CC1. The number of piperidine rings is 1. The van der Waals surface area contributed by atoms with E-state index in [2.05, 4.69) is 10.3 Å². The summed E-state index contributed by atoms with van der Waals surface area (Å²) in [5, 5.41) is 2.54. The van der Waals surface area contributed by atoms with Crippen molar-refractivity contribution in [1.29, 1.82) is 0 Å². The second kappa shape index (κ2) is 6.97. The maximum absolute atomic E-state index is 12.9. The molecule has 2 heterocycles. The summed E-state index contributed by atoms with van der Waals surface area (Å²) in [5.41, 5.74) is -1.46. The molecule has 126 valence electrons. The largest absolute Gasteiger partial charge is 0.417 e. The summed E-state index contributed by atoms with van der Waals surface area (Å²) < 4.78 is 38.6. The number of hydrogen-bond donors (Lipinski definition) is 1. The van der Waals surface area contributed by atoms with E-state index in [1.165, 1.54) is 6.92 Å². The fraction of sp³-hybridized carbons (Fsp3) is 0.533. The number of rotatable bonds is 3. The topological polar surface area (TPSA) is 62.3 Å². The van der Waals surface area contributed by atoms with E-state index in [4.69, 9.17) is 0 Å². The van der Waals surface area contributed by atoms with Crippen molar-refractivity contribution in [3.63, 3.8) is 0 Å². The third-order valence-corrected chi connectivity index (χ3v) is 3.98. The van der Waals surface area contributed by atoms with Gasteiger partial charge in [0, 0.05) is 39.0 Å². The number of carbonyl (C=O) groups is 2. The summed E-state index contributed by atoms with van der Waals surface area (Å²) in [5.74, 6) is -0.613. The van der Waals surface area contributed by atoms with E-state index in [0.717, 1.165) is 31.3 Å². The Morgan fingerprint density at radius 3 is 2.57 bits per heavy atom. The van der Waals surface area contributed by atoms with Gasteiger partial charge >= 0.3 is 6.18 Å². The molecule has 1 aliphatic rings. The molecular formula is C15H18F3N3O2. The van der Waals surface area contributed by atoms with Crippen LogP contribution < -0.4 is 5.32 Å². The summed E-state index contributed by atoms with van der Waals surface area (Å²) in [6.45, 7) is 3.01. The molecule has 0 aliphatic carbocycles. The van der Waals surface area contributed by atoms with E-state index in [9.17, 15) is 22.8 Å². The van der Waals surface area contributed by atoms with Gasteiger partial charge in [0.1, 0.15) is 0 Å². The monoisotopic (exact) mass is 329 g/mol. The van der Waals surface area contributed by atoms with Crippen LogP contribution in [-0.2, 0) is 11.0 Å². The van der Waals surface area contributed by atoms with Crippen LogP contribution in [-0.4, -0.2) is 41.3 Å². The van der Waals surface area contributed by atoms with Gasteiger partial charge in [-0.2, -0.15) is 13.2 Å². The second-order valence-corrected chi connectivity index (χ2v) is 5.58. The van der Waals surface area contributed by atoms with Crippen molar-refractivity contribution in [1.82, 2.24) is 15.2 Å². The minimum absolute atomic E-state index is 0.0117. The summed E-state index contributed by atoms with van der Waals surface area (Å²) in [6, 6.07) is 0.792. The molecule has 1 aromatic rings. The molecule has 1 aliphatic heterocycles. The number of carbonyl (C=O) groups excluding carboxylic acids is 2. The second-order valence-electron chi connectivity index (χ2n) is 5.58. The fourth-order valence-corrected chi connectivity index (χ4v) is 2.61. The van der Waals surface area contributed by atoms with Crippen LogP contribution in [0.3, 0.4) is 0 Å². The first kappa shape index (κ1) is 17.2. The Bertz CT molecular complexity index is 582. The summed E-state index contributed by atoms with van der Waals surface area (Å²) in [7, 11) is 0. The molecule has 0 unspecified atom stereocenters. The van der Waals surface area contributed by atoms with Crippen molar-refractivity contribution in [2.24, 2.45) is 5.92 Å². The van der Waals surface area contributed by atoms with Gasteiger partial charge < -0.3 is 10.2 Å². The molecule has 1 aromatic heterocycles. The summed E-state index contributed by atoms with van der Waals surface area (Å²) >= 11 is 0. The predicted molar refractivity (Wildman–Crippen MR) is 76.6 cm³/mol. The molecule has 2 rings (SSSR count). The van der Waals surface area contributed by atoms with Gasteiger partial charge in [0.05, 0.1) is 11.1 Å². The molecule has 5 nitrogen and oxygen atoms in total. The lowest BCUT2D eigenvalue weighted by atomic mass is 9.96. The molecule has 8 heteroatoms. The maximum Gasteiger partial charge on any atom is 0.417 e. The number of amides is 2. The van der Waals surface area contributed by atoms with Crippen LogP contribution in [0.25, 0.3) is 0 Å². The molecule has 1 fully saturated rings. The van der Waals surface area contributed by atoms with E-state index in [0.29, 0.717) is 13.1 Å². The predicted octanol–water partition coefficient (Wildman–Crippen LogP) is 2.09. The van der Waals surface area contributed by atoms with E-state index in [1.807, 2.05) is 0 Å². The van der Waals surface area contributed by atoms with Gasteiger partial charge in [0.15, 0.2) is 0 Å². The average Bonchev–Trinajstić information content (AvgIpc) is 2.52. The number of nitrogens with one attached hydrogen (secondary N) is 1. The lowest BCUT2D eigenvalue weighted by molar-refractivity contribution is -0.138. The molecule has 0 spiro atoms. The third-order valence-electron chi connectivity index (χ3n) is 3.98. The van der Waals surface area contributed by atoms with Crippen LogP contribution in [0.4, 0.5) is 13.2 Å². The minimum Gasteiger partial charge on any atom is -0.352 e. The standard InChI is InChI=1S/C15H18F3N3O2/c1-10(22)21-6-3-11(4-7-21)8-20-14(23)12-9-19-5-2-13(12)15(16,17)18/h2,5,9,11H,3-4,6-8H2,1H3,(H,20,23). The zero-order chi connectivity index (χ0) is 17.0. The third kappa shape index (κ3) is 4.43. The number of alkyl halides is 3. The minimum atomic E-state index is -4.59. The summed E-state index contributed by atoms with van der Waals surface area (Å²) in [4.78, 5) is 28.6. The zero-order valence-corrected chi connectivity index (χ0v) is 12.7. The van der Waals surface area contributed by atoms with Gasteiger partial charge in [-0.05, 0) is 24.8 Å². The normalized spacial score (nSPS) is 16.3. The molecule has 1 N–H and O–H groups in total. The van der Waals surface area contributed by atoms with Gasteiger partial charge in [-0.15, -0.1) is 0 Å². The molecule has 0 saturated carbocycles. The van der Waals surface area contributed by atoms with Gasteiger partial charge in [0.2, 0.25) is 5.91 Å². The van der Waals surface area contributed by atoms with E-state index in [1.54, 1.807) is 4.90 Å². The number of pyridine rings is 1. The smallest absolute Gasteiger partial charge is 0.352 e. The van der Waals surface area contributed by atoms with Gasteiger partial charge in [-0.1, -0.05) is 0 Å². The van der Waals surface area contributed by atoms with Crippen molar-refractivity contribution >= 4 is 11.8 Å². The number of nitrogens with zero attached hydrogens (tertiary/aromatic N) is 2. The highest BCUT2D eigenvalue weighted by molar-refractivity contribution is 5.95. The highest BCUT2D eigenvalue weighted by Crippen LogP contribution is 2.31. The number of hydrogen-bond acceptors (Lipinski definition) is 3. The lowest BCUT2D eigenvalue weighted by Gasteiger charge is -2.31. The van der Waals surface area contributed by atoms with E-state index >= 15 is 0 Å². The van der Waals surface area contributed by atoms with Crippen LogP contribution in [0.5, 0.6) is 0 Å². The molecule has 2 amide bonds.